The lowest BCUT2D eigenvalue weighted by Crippen LogP contribution is -2.14. The lowest BCUT2D eigenvalue weighted by molar-refractivity contribution is 0.0518. The van der Waals surface area contributed by atoms with E-state index in [1.165, 1.54) is 0 Å². The lowest BCUT2D eigenvalue weighted by atomic mass is 10.3. The Kier molecular flexibility index (Phi) is 4.67. The Hall–Kier alpha value is -1.25. The van der Waals surface area contributed by atoms with Crippen LogP contribution in [0.5, 0.6) is 0 Å². The highest BCUT2D eigenvalue weighted by atomic mass is 79.9. The van der Waals surface area contributed by atoms with Gasteiger partial charge >= 0.3 is 5.97 Å². The maximum atomic E-state index is 11.7. The average molecular weight is 345 g/mol. The van der Waals surface area contributed by atoms with Crippen LogP contribution in [0.3, 0.4) is 0 Å². The topological polar surface area (TPSA) is 83.0 Å². The van der Waals surface area contributed by atoms with E-state index < -0.39 is 5.97 Å². The van der Waals surface area contributed by atoms with Crippen molar-refractivity contribution in [1.82, 2.24) is 15.0 Å². The third-order valence-electron chi connectivity index (χ3n) is 2.45. The molecule has 0 aliphatic rings. The minimum Gasteiger partial charge on any atom is -0.461 e. The highest BCUT2D eigenvalue weighted by molar-refractivity contribution is 9.11. The van der Waals surface area contributed by atoms with Crippen LogP contribution in [0, 0.1) is 0 Å². The van der Waals surface area contributed by atoms with Crippen molar-refractivity contribution in [1.29, 1.82) is 0 Å². The van der Waals surface area contributed by atoms with Gasteiger partial charge in [-0.25, -0.2) is 9.48 Å². The summed E-state index contributed by atoms with van der Waals surface area (Å²) in [7, 11) is 0. The average Bonchev–Trinajstić information content (AvgIpc) is 2.96. The normalized spacial score (nSPS) is 10.7. The molecule has 2 heterocycles. The van der Waals surface area contributed by atoms with Gasteiger partial charge in [0.25, 0.3) is 0 Å². The summed E-state index contributed by atoms with van der Waals surface area (Å²) in [5, 5.41) is 9.84. The van der Waals surface area contributed by atoms with Crippen LogP contribution in [0.15, 0.2) is 15.2 Å². The van der Waals surface area contributed by atoms with Crippen LogP contribution >= 0.6 is 27.3 Å². The van der Waals surface area contributed by atoms with E-state index in [1.807, 2.05) is 11.4 Å². The van der Waals surface area contributed by atoms with Crippen molar-refractivity contribution in [3.8, 4) is 0 Å². The Labute approximate surface area is 122 Å². The molecule has 0 saturated carbocycles. The zero-order valence-corrected chi connectivity index (χ0v) is 12.7. The predicted octanol–water partition coefficient (Wildman–Crippen LogP) is 1.79. The third kappa shape index (κ3) is 3.20. The number of thiophene rings is 1. The minimum absolute atomic E-state index is 0.187. The summed E-state index contributed by atoms with van der Waals surface area (Å²) < 4.78 is 7.59. The number of nitrogens with two attached hydrogens (primary N) is 1. The number of aromatic nitrogens is 3. The Balaban J connectivity index is 2.24. The second-order valence-electron chi connectivity index (χ2n) is 3.73. The van der Waals surface area contributed by atoms with Gasteiger partial charge < -0.3 is 10.5 Å². The van der Waals surface area contributed by atoms with Crippen molar-refractivity contribution in [2.45, 2.75) is 20.0 Å². The first-order chi connectivity index (χ1) is 9.15. The molecule has 0 unspecified atom stereocenters. The minimum atomic E-state index is -0.485. The first-order valence-corrected chi connectivity index (χ1v) is 7.35. The molecule has 0 aromatic carbocycles. The van der Waals surface area contributed by atoms with Gasteiger partial charge in [0, 0.05) is 6.54 Å². The number of rotatable bonds is 5. The number of carbonyl (C=O) groups excluding carboxylic acids is 1. The molecule has 0 radical (unpaired) electrons. The van der Waals surface area contributed by atoms with Crippen LogP contribution in [0.4, 0.5) is 0 Å². The van der Waals surface area contributed by atoms with Gasteiger partial charge in [0.15, 0.2) is 5.69 Å². The van der Waals surface area contributed by atoms with E-state index in [2.05, 4.69) is 26.2 Å². The van der Waals surface area contributed by atoms with Crippen LogP contribution in [0.1, 0.15) is 28.7 Å². The molecular weight excluding hydrogens is 332 g/mol. The quantitative estimate of drug-likeness (QED) is 0.836. The zero-order chi connectivity index (χ0) is 13.8. The summed E-state index contributed by atoms with van der Waals surface area (Å²) in [4.78, 5) is 11.7. The number of ether oxygens (including phenoxy) is 1. The van der Waals surface area contributed by atoms with Gasteiger partial charge in [-0.2, -0.15) is 0 Å². The van der Waals surface area contributed by atoms with Crippen molar-refractivity contribution in [3.05, 3.63) is 32.2 Å². The number of hydrogen-bond donors (Lipinski definition) is 1. The molecule has 6 nitrogen and oxygen atoms in total. The first kappa shape index (κ1) is 14.2. The van der Waals surface area contributed by atoms with Gasteiger partial charge in [0.1, 0.15) is 0 Å². The Morgan fingerprint density at radius 1 is 1.63 bits per heavy atom. The highest BCUT2D eigenvalue weighted by Crippen LogP contribution is 2.21. The maximum Gasteiger partial charge on any atom is 0.360 e. The van der Waals surface area contributed by atoms with Crippen LogP contribution in [0.2, 0.25) is 0 Å². The summed E-state index contributed by atoms with van der Waals surface area (Å²) in [5.41, 5.74) is 7.53. The van der Waals surface area contributed by atoms with Crippen molar-refractivity contribution < 1.29 is 9.53 Å². The van der Waals surface area contributed by atoms with E-state index in [4.69, 9.17) is 10.5 Å². The van der Waals surface area contributed by atoms with Crippen molar-refractivity contribution in [2.24, 2.45) is 5.73 Å². The smallest absolute Gasteiger partial charge is 0.360 e. The maximum absolute atomic E-state index is 11.7. The van der Waals surface area contributed by atoms with Crippen LogP contribution in [-0.4, -0.2) is 27.6 Å². The first-order valence-electron chi connectivity index (χ1n) is 5.68. The fourth-order valence-electron chi connectivity index (χ4n) is 1.62. The Bertz CT molecular complexity index is 581. The van der Waals surface area contributed by atoms with E-state index in [-0.39, 0.29) is 12.2 Å². The molecule has 2 aromatic heterocycles. The predicted molar refractivity (Wildman–Crippen MR) is 75.0 cm³/mol. The highest BCUT2D eigenvalue weighted by Gasteiger charge is 2.19. The van der Waals surface area contributed by atoms with E-state index in [9.17, 15) is 4.79 Å². The molecule has 0 fully saturated rings. The van der Waals surface area contributed by atoms with Crippen molar-refractivity contribution >= 4 is 33.2 Å². The fraction of sp³-hybridized carbons (Fsp3) is 0.364. The van der Waals surface area contributed by atoms with Crippen LogP contribution in [0.25, 0.3) is 0 Å². The molecule has 19 heavy (non-hydrogen) atoms. The number of esters is 1. The Morgan fingerprint density at radius 3 is 3.00 bits per heavy atom. The molecule has 0 amide bonds. The van der Waals surface area contributed by atoms with Gasteiger partial charge in [-0.3, -0.25) is 0 Å². The van der Waals surface area contributed by atoms with Gasteiger partial charge in [0.2, 0.25) is 0 Å². The number of halogens is 1. The standard InChI is InChI=1S/C11H13BrN4O2S/c1-2-18-11(17)10-8(4-13)16(15-14-10)5-7-3-9(12)19-6-7/h3,6H,2,4-5,13H2,1H3. The molecule has 2 aromatic rings. The molecular formula is C11H13BrN4O2S. The van der Waals surface area contributed by atoms with Gasteiger partial charge in [-0.05, 0) is 39.9 Å². The van der Waals surface area contributed by atoms with Gasteiger partial charge in [-0.15, -0.1) is 16.4 Å². The molecule has 0 aliphatic carbocycles. The van der Waals surface area contributed by atoms with E-state index in [0.29, 0.717) is 18.8 Å². The van der Waals surface area contributed by atoms with E-state index in [0.717, 1.165) is 9.35 Å². The summed E-state index contributed by atoms with van der Waals surface area (Å²) >= 11 is 5.00. The van der Waals surface area contributed by atoms with Gasteiger partial charge in [-0.1, -0.05) is 5.21 Å². The molecule has 0 spiro atoms. The number of carbonyl (C=O) groups is 1. The zero-order valence-electron chi connectivity index (χ0n) is 10.3. The monoisotopic (exact) mass is 344 g/mol. The summed E-state index contributed by atoms with van der Waals surface area (Å²) in [6, 6.07) is 2.00. The number of hydrogen-bond acceptors (Lipinski definition) is 6. The molecule has 2 rings (SSSR count). The SMILES string of the molecule is CCOC(=O)c1nnn(Cc2csc(Br)c2)c1CN. The summed E-state index contributed by atoms with van der Waals surface area (Å²) in [6.45, 7) is 2.76. The third-order valence-corrected chi connectivity index (χ3v) is 4.01. The Morgan fingerprint density at radius 2 is 2.42 bits per heavy atom. The molecule has 2 N–H and O–H groups in total. The molecule has 0 atom stereocenters. The molecule has 0 bridgehead atoms. The lowest BCUT2D eigenvalue weighted by Gasteiger charge is -2.04. The largest absolute Gasteiger partial charge is 0.461 e. The summed E-state index contributed by atoms with van der Waals surface area (Å²) in [6.07, 6.45) is 0. The number of nitrogens with zero attached hydrogens (tertiary/aromatic N) is 3. The van der Waals surface area contributed by atoms with E-state index >= 15 is 0 Å². The second-order valence-corrected chi connectivity index (χ2v) is 6.02. The van der Waals surface area contributed by atoms with Crippen LogP contribution in [-0.2, 0) is 17.8 Å². The summed E-state index contributed by atoms with van der Waals surface area (Å²) in [5.74, 6) is -0.485. The van der Waals surface area contributed by atoms with Crippen molar-refractivity contribution in [2.75, 3.05) is 6.61 Å². The van der Waals surface area contributed by atoms with E-state index in [1.54, 1.807) is 22.9 Å². The molecule has 0 saturated heterocycles. The second kappa shape index (κ2) is 6.27. The molecule has 8 heteroatoms. The van der Waals surface area contributed by atoms with Gasteiger partial charge in [0.05, 0.1) is 22.6 Å². The van der Waals surface area contributed by atoms with Crippen molar-refractivity contribution in [3.63, 3.8) is 0 Å². The van der Waals surface area contributed by atoms with Crippen LogP contribution < -0.4 is 5.73 Å². The molecule has 102 valence electrons. The molecule has 0 aliphatic heterocycles. The fourth-order valence-corrected chi connectivity index (χ4v) is 2.82.